The third-order valence-electron chi connectivity index (χ3n) is 5.05. The van der Waals surface area contributed by atoms with Crippen molar-refractivity contribution in [3.05, 3.63) is 47.5 Å². The number of ether oxygens (including phenoxy) is 1. The fraction of sp³-hybridized carbons (Fsp3) is 0.545. The highest BCUT2D eigenvalue weighted by atomic mass is 16.5. The van der Waals surface area contributed by atoms with Crippen LogP contribution in [0.2, 0.25) is 0 Å². The Kier molecular flexibility index (Phi) is 8.52. The summed E-state index contributed by atoms with van der Waals surface area (Å²) in [6, 6.07) is 7.43. The quantitative estimate of drug-likeness (QED) is 0.503. The predicted molar refractivity (Wildman–Crippen MR) is 106 cm³/mol. The summed E-state index contributed by atoms with van der Waals surface area (Å²) in [5.41, 5.74) is 1.61. The molecule has 1 saturated heterocycles. The molecule has 1 aliphatic heterocycles. The molecule has 1 aliphatic rings. The van der Waals surface area contributed by atoms with Crippen LogP contribution in [0.4, 0.5) is 0 Å². The summed E-state index contributed by atoms with van der Waals surface area (Å²) in [6.07, 6.45) is 9.56. The Bertz CT molecular complexity index is 638. The highest BCUT2D eigenvalue weighted by Gasteiger charge is 2.28. The minimum absolute atomic E-state index is 0.116. The van der Waals surface area contributed by atoms with Gasteiger partial charge in [0.05, 0.1) is 24.8 Å². The van der Waals surface area contributed by atoms with Gasteiger partial charge >= 0.3 is 5.97 Å². The molecule has 0 radical (unpaired) electrons. The van der Waals surface area contributed by atoms with Gasteiger partial charge in [-0.3, -0.25) is 4.79 Å². The summed E-state index contributed by atoms with van der Waals surface area (Å²) in [6.45, 7) is 2.78. The number of unbranched alkanes of at least 4 members (excludes halogenated alkanes) is 1. The highest BCUT2D eigenvalue weighted by Crippen LogP contribution is 2.21. The van der Waals surface area contributed by atoms with Crippen LogP contribution in [-0.2, 0) is 16.0 Å². The predicted octanol–water partition coefficient (Wildman–Crippen LogP) is 3.50. The van der Waals surface area contributed by atoms with E-state index in [1.807, 2.05) is 23.1 Å². The van der Waals surface area contributed by atoms with E-state index in [-0.39, 0.29) is 24.0 Å². The minimum atomic E-state index is -0.345. The SMILES string of the molecule is CCCCC(O)C/C=C/C1CCC(=O)N1CCc1ccc(C(=O)OC)cc1. The van der Waals surface area contributed by atoms with Gasteiger partial charge in [-0.05, 0) is 43.4 Å². The number of rotatable bonds is 10. The molecule has 0 saturated carbocycles. The van der Waals surface area contributed by atoms with Gasteiger partial charge in [0.1, 0.15) is 0 Å². The van der Waals surface area contributed by atoms with Crippen LogP contribution in [0.1, 0.15) is 61.4 Å². The fourth-order valence-corrected chi connectivity index (χ4v) is 3.37. The van der Waals surface area contributed by atoms with Crippen molar-refractivity contribution in [1.82, 2.24) is 4.90 Å². The number of nitrogens with zero attached hydrogens (tertiary/aromatic N) is 1. The lowest BCUT2D eigenvalue weighted by atomic mass is 10.1. The molecular weight excluding hydrogens is 342 g/mol. The van der Waals surface area contributed by atoms with Crippen LogP contribution in [0, 0.1) is 0 Å². The summed E-state index contributed by atoms with van der Waals surface area (Å²) in [5.74, 6) is -0.162. The van der Waals surface area contributed by atoms with E-state index in [4.69, 9.17) is 4.74 Å². The maximum Gasteiger partial charge on any atom is 0.337 e. The van der Waals surface area contributed by atoms with E-state index >= 15 is 0 Å². The molecule has 1 amide bonds. The zero-order chi connectivity index (χ0) is 19.6. The number of methoxy groups -OCH3 is 1. The smallest absolute Gasteiger partial charge is 0.337 e. The number of aliphatic hydroxyl groups is 1. The molecular formula is C22H31NO4. The van der Waals surface area contributed by atoms with Gasteiger partial charge in [-0.1, -0.05) is 44.1 Å². The lowest BCUT2D eigenvalue weighted by molar-refractivity contribution is -0.128. The monoisotopic (exact) mass is 373 g/mol. The van der Waals surface area contributed by atoms with Gasteiger partial charge in [0.2, 0.25) is 5.91 Å². The molecule has 2 unspecified atom stereocenters. The second-order valence-electron chi connectivity index (χ2n) is 7.09. The van der Waals surface area contributed by atoms with E-state index in [9.17, 15) is 14.7 Å². The van der Waals surface area contributed by atoms with Crippen molar-refractivity contribution in [2.24, 2.45) is 0 Å². The molecule has 1 aromatic carbocycles. The van der Waals surface area contributed by atoms with E-state index in [0.717, 1.165) is 37.7 Å². The van der Waals surface area contributed by atoms with Crippen LogP contribution < -0.4 is 0 Å². The van der Waals surface area contributed by atoms with Crippen LogP contribution in [0.15, 0.2) is 36.4 Å². The maximum absolute atomic E-state index is 12.2. The van der Waals surface area contributed by atoms with E-state index in [0.29, 0.717) is 24.9 Å². The molecule has 148 valence electrons. The van der Waals surface area contributed by atoms with Crippen molar-refractivity contribution in [2.45, 2.75) is 64.0 Å². The van der Waals surface area contributed by atoms with Gasteiger partial charge in [0.25, 0.3) is 0 Å². The Labute approximate surface area is 162 Å². The molecule has 0 spiro atoms. The maximum atomic E-state index is 12.2. The van der Waals surface area contributed by atoms with E-state index < -0.39 is 0 Å². The number of aliphatic hydroxyl groups excluding tert-OH is 1. The highest BCUT2D eigenvalue weighted by molar-refractivity contribution is 5.89. The third kappa shape index (κ3) is 6.51. The second-order valence-corrected chi connectivity index (χ2v) is 7.09. The number of carbonyl (C=O) groups is 2. The van der Waals surface area contributed by atoms with Crippen molar-refractivity contribution < 1.29 is 19.4 Å². The Morgan fingerprint density at radius 1 is 1.37 bits per heavy atom. The normalized spacial score (nSPS) is 18.3. The first-order valence-electron chi connectivity index (χ1n) is 9.86. The average molecular weight is 373 g/mol. The minimum Gasteiger partial charge on any atom is -0.465 e. The summed E-state index contributed by atoms with van der Waals surface area (Å²) in [5, 5.41) is 9.94. The molecule has 2 atom stereocenters. The van der Waals surface area contributed by atoms with Crippen molar-refractivity contribution in [1.29, 1.82) is 0 Å². The number of likely N-dealkylation sites (tertiary alicyclic amines) is 1. The summed E-state index contributed by atoms with van der Waals surface area (Å²) in [4.78, 5) is 25.6. The summed E-state index contributed by atoms with van der Waals surface area (Å²) < 4.78 is 4.70. The number of benzene rings is 1. The Balaban J connectivity index is 1.86. The van der Waals surface area contributed by atoms with Gasteiger partial charge in [0.15, 0.2) is 0 Å². The largest absolute Gasteiger partial charge is 0.465 e. The molecule has 1 fully saturated rings. The van der Waals surface area contributed by atoms with Crippen molar-refractivity contribution in [3.8, 4) is 0 Å². The molecule has 27 heavy (non-hydrogen) atoms. The van der Waals surface area contributed by atoms with Gasteiger partial charge < -0.3 is 14.7 Å². The summed E-state index contributed by atoms with van der Waals surface area (Å²) >= 11 is 0. The third-order valence-corrected chi connectivity index (χ3v) is 5.05. The molecule has 2 rings (SSSR count). The first kappa shape index (κ1) is 21.2. The van der Waals surface area contributed by atoms with Gasteiger partial charge in [0, 0.05) is 13.0 Å². The number of hydrogen-bond donors (Lipinski definition) is 1. The van der Waals surface area contributed by atoms with Crippen LogP contribution in [0.3, 0.4) is 0 Å². The molecule has 0 aromatic heterocycles. The Hall–Kier alpha value is -2.14. The van der Waals surface area contributed by atoms with Crippen molar-refractivity contribution >= 4 is 11.9 Å². The number of hydrogen-bond acceptors (Lipinski definition) is 4. The lowest BCUT2D eigenvalue weighted by Crippen LogP contribution is -2.33. The Morgan fingerprint density at radius 3 is 2.78 bits per heavy atom. The zero-order valence-corrected chi connectivity index (χ0v) is 16.4. The van der Waals surface area contributed by atoms with Crippen LogP contribution in [0.5, 0.6) is 0 Å². The zero-order valence-electron chi connectivity index (χ0n) is 16.4. The molecule has 1 aromatic rings. The van der Waals surface area contributed by atoms with Crippen molar-refractivity contribution in [2.75, 3.05) is 13.7 Å². The standard InChI is InChI=1S/C22H31NO4/c1-3-4-7-20(24)8-5-6-19-13-14-21(25)23(19)16-15-17-9-11-18(12-10-17)22(26)27-2/h5-6,9-12,19-20,24H,3-4,7-8,13-16H2,1-2H3/b6-5+. The van der Waals surface area contributed by atoms with Crippen LogP contribution in [-0.4, -0.2) is 47.7 Å². The van der Waals surface area contributed by atoms with Gasteiger partial charge in [-0.25, -0.2) is 4.79 Å². The first-order chi connectivity index (χ1) is 13.0. The number of carbonyl (C=O) groups excluding carboxylic acids is 2. The first-order valence-corrected chi connectivity index (χ1v) is 9.86. The van der Waals surface area contributed by atoms with E-state index in [1.54, 1.807) is 12.1 Å². The molecule has 5 heteroatoms. The molecule has 0 aliphatic carbocycles. The fourth-order valence-electron chi connectivity index (χ4n) is 3.37. The molecule has 1 heterocycles. The van der Waals surface area contributed by atoms with E-state index in [1.165, 1.54) is 7.11 Å². The topological polar surface area (TPSA) is 66.8 Å². The van der Waals surface area contributed by atoms with Crippen LogP contribution in [0.25, 0.3) is 0 Å². The molecule has 0 bridgehead atoms. The van der Waals surface area contributed by atoms with Crippen molar-refractivity contribution in [3.63, 3.8) is 0 Å². The summed E-state index contributed by atoms with van der Waals surface area (Å²) in [7, 11) is 1.37. The van der Waals surface area contributed by atoms with E-state index in [2.05, 4.69) is 13.0 Å². The van der Waals surface area contributed by atoms with Gasteiger partial charge in [-0.15, -0.1) is 0 Å². The number of esters is 1. The van der Waals surface area contributed by atoms with Crippen LogP contribution >= 0.6 is 0 Å². The average Bonchev–Trinajstić information content (AvgIpc) is 3.04. The lowest BCUT2D eigenvalue weighted by Gasteiger charge is -2.22. The Morgan fingerprint density at radius 2 is 2.11 bits per heavy atom. The molecule has 1 N–H and O–H groups in total. The second kappa shape index (κ2) is 10.9. The number of amides is 1. The molecule has 5 nitrogen and oxygen atoms in total. The van der Waals surface area contributed by atoms with Gasteiger partial charge in [-0.2, -0.15) is 0 Å².